The van der Waals surface area contributed by atoms with E-state index in [0.29, 0.717) is 17.1 Å². The maximum atomic E-state index is 13.7. The van der Waals surface area contributed by atoms with Gasteiger partial charge in [0.1, 0.15) is 12.4 Å². The number of hydrazone groups is 1. The summed E-state index contributed by atoms with van der Waals surface area (Å²) in [6.45, 7) is 2.05. The van der Waals surface area contributed by atoms with Crippen LogP contribution >= 0.6 is 11.3 Å². The van der Waals surface area contributed by atoms with E-state index in [1.165, 1.54) is 17.4 Å². The van der Waals surface area contributed by atoms with Crippen LogP contribution in [-0.4, -0.2) is 18.3 Å². The second-order valence-corrected chi connectivity index (χ2v) is 6.31. The quantitative estimate of drug-likeness (QED) is 0.486. The number of nitrogens with one attached hydrogen (secondary N) is 1. The molecule has 3 rings (SSSR count). The topological polar surface area (TPSA) is 55.7 Å². The molecule has 2 aromatic carbocycles. The fourth-order valence-electron chi connectivity index (χ4n) is 2.22. The molecule has 3 aromatic rings. The number of hydrogen-bond donors (Lipinski definition) is 1. The van der Waals surface area contributed by atoms with Gasteiger partial charge in [0, 0.05) is 10.9 Å². The Morgan fingerprint density at radius 2 is 2.08 bits per heavy atom. The molecule has 26 heavy (non-hydrogen) atoms. The third-order valence-corrected chi connectivity index (χ3v) is 4.39. The predicted molar refractivity (Wildman–Crippen MR) is 102 cm³/mol. The van der Waals surface area contributed by atoms with Crippen LogP contribution in [0.5, 0.6) is 11.5 Å². The summed E-state index contributed by atoms with van der Waals surface area (Å²) in [5.41, 5.74) is 5.15. The van der Waals surface area contributed by atoms with Gasteiger partial charge >= 0.3 is 0 Å². The van der Waals surface area contributed by atoms with Crippen molar-refractivity contribution in [3.8, 4) is 11.5 Å². The number of benzene rings is 2. The Bertz CT molecular complexity index is 911. The van der Waals surface area contributed by atoms with Crippen LogP contribution in [0.4, 0.5) is 9.52 Å². The molecule has 0 saturated carbocycles. The van der Waals surface area contributed by atoms with Gasteiger partial charge in [-0.1, -0.05) is 18.2 Å². The number of ether oxygens (including phenoxy) is 2. The number of anilines is 1. The summed E-state index contributed by atoms with van der Waals surface area (Å²) < 4.78 is 24.7. The van der Waals surface area contributed by atoms with Crippen molar-refractivity contribution in [3.05, 3.63) is 70.5 Å². The fourth-order valence-corrected chi connectivity index (χ4v) is 2.86. The zero-order valence-corrected chi connectivity index (χ0v) is 15.2. The standard InChI is InChI=1S/C19H18FN3O2S/c1-13-12-26-19(22-13)23-21-10-14-7-8-17(18(9-14)24-2)25-11-15-5-3-4-6-16(15)20/h3-10,12H,11H2,1-2H3,(H,22,23). The minimum atomic E-state index is -0.293. The van der Waals surface area contributed by atoms with Gasteiger partial charge in [-0.15, -0.1) is 11.3 Å². The van der Waals surface area contributed by atoms with Crippen LogP contribution in [0.3, 0.4) is 0 Å². The van der Waals surface area contributed by atoms with E-state index in [9.17, 15) is 4.39 Å². The lowest BCUT2D eigenvalue weighted by atomic mass is 10.2. The monoisotopic (exact) mass is 371 g/mol. The fraction of sp³-hybridized carbons (Fsp3) is 0.158. The van der Waals surface area contributed by atoms with Crippen molar-refractivity contribution in [2.75, 3.05) is 12.5 Å². The summed E-state index contributed by atoms with van der Waals surface area (Å²) in [4.78, 5) is 4.27. The average molecular weight is 371 g/mol. The molecule has 1 heterocycles. The van der Waals surface area contributed by atoms with Gasteiger partial charge in [0.25, 0.3) is 0 Å². The van der Waals surface area contributed by atoms with Gasteiger partial charge in [0.05, 0.1) is 19.0 Å². The molecule has 0 aliphatic carbocycles. The molecule has 7 heteroatoms. The van der Waals surface area contributed by atoms with E-state index in [-0.39, 0.29) is 12.4 Å². The van der Waals surface area contributed by atoms with Gasteiger partial charge in [-0.3, -0.25) is 5.43 Å². The second-order valence-electron chi connectivity index (χ2n) is 5.45. The zero-order valence-electron chi connectivity index (χ0n) is 14.4. The van der Waals surface area contributed by atoms with E-state index < -0.39 is 0 Å². The molecule has 0 aliphatic rings. The minimum absolute atomic E-state index is 0.126. The lowest BCUT2D eigenvalue weighted by molar-refractivity contribution is 0.279. The Hall–Kier alpha value is -2.93. The molecule has 0 atom stereocenters. The van der Waals surface area contributed by atoms with Crippen molar-refractivity contribution in [3.63, 3.8) is 0 Å². The Balaban J connectivity index is 1.66. The molecule has 5 nitrogen and oxygen atoms in total. The number of halogens is 1. The molecule has 0 spiro atoms. The van der Waals surface area contributed by atoms with Gasteiger partial charge < -0.3 is 9.47 Å². The van der Waals surface area contributed by atoms with Crippen molar-refractivity contribution in [1.82, 2.24) is 4.98 Å². The maximum Gasteiger partial charge on any atom is 0.203 e. The number of aromatic nitrogens is 1. The Morgan fingerprint density at radius 1 is 1.23 bits per heavy atom. The molecule has 0 aliphatic heterocycles. The van der Waals surface area contributed by atoms with Gasteiger partial charge in [0.2, 0.25) is 5.13 Å². The summed E-state index contributed by atoms with van der Waals surface area (Å²) in [7, 11) is 1.56. The first-order chi connectivity index (χ1) is 12.7. The van der Waals surface area contributed by atoms with Crippen molar-refractivity contribution >= 4 is 22.7 Å². The van der Waals surface area contributed by atoms with Crippen LogP contribution in [0.15, 0.2) is 52.9 Å². The molecule has 0 radical (unpaired) electrons. The first-order valence-electron chi connectivity index (χ1n) is 7.91. The highest BCUT2D eigenvalue weighted by Gasteiger charge is 2.07. The highest BCUT2D eigenvalue weighted by Crippen LogP contribution is 2.28. The van der Waals surface area contributed by atoms with Crippen molar-refractivity contribution in [1.29, 1.82) is 0 Å². The lowest BCUT2D eigenvalue weighted by Gasteiger charge is -2.11. The summed E-state index contributed by atoms with van der Waals surface area (Å²) in [5, 5.41) is 6.84. The number of rotatable bonds is 7. The van der Waals surface area contributed by atoms with E-state index in [1.807, 2.05) is 18.4 Å². The Morgan fingerprint density at radius 3 is 2.81 bits per heavy atom. The van der Waals surface area contributed by atoms with Crippen LogP contribution in [0.2, 0.25) is 0 Å². The number of methoxy groups -OCH3 is 1. The summed E-state index contributed by atoms with van der Waals surface area (Å²) in [6, 6.07) is 11.9. The maximum absolute atomic E-state index is 13.7. The van der Waals surface area contributed by atoms with Gasteiger partial charge in [-0.05, 0) is 36.8 Å². The predicted octanol–water partition coefficient (Wildman–Crippen LogP) is 4.62. The second kappa shape index (κ2) is 8.44. The highest BCUT2D eigenvalue weighted by molar-refractivity contribution is 7.13. The van der Waals surface area contributed by atoms with E-state index >= 15 is 0 Å². The van der Waals surface area contributed by atoms with Crippen molar-refractivity contribution < 1.29 is 13.9 Å². The SMILES string of the molecule is COc1cc(C=NNc2nc(C)cs2)ccc1OCc1ccccc1F. The molecule has 0 unspecified atom stereocenters. The molecular weight excluding hydrogens is 353 g/mol. The van der Waals surface area contributed by atoms with Gasteiger partial charge in [-0.25, -0.2) is 9.37 Å². The van der Waals surface area contributed by atoms with Crippen molar-refractivity contribution in [2.45, 2.75) is 13.5 Å². The Labute approximate surface area is 155 Å². The third kappa shape index (κ3) is 4.58. The molecule has 0 fully saturated rings. The third-order valence-electron chi connectivity index (χ3n) is 3.52. The average Bonchev–Trinajstić information content (AvgIpc) is 3.06. The molecule has 0 bridgehead atoms. The van der Waals surface area contributed by atoms with Crippen LogP contribution < -0.4 is 14.9 Å². The number of hydrogen-bond acceptors (Lipinski definition) is 6. The molecule has 0 amide bonds. The zero-order chi connectivity index (χ0) is 18.4. The normalized spacial score (nSPS) is 10.9. The smallest absolute Gasteiger partial charge is 0.203 e. The molecule has 134 valence electrons. The van der Waals surface area contributed by atoms with E-state index in [1.54, 1.807) is 43.7 Å². The van der Waals surface area contributed by atoms with Crippen LogP contribution in [0.25, 0.3) is 0 Å². The highest BCUT2D eigenvalue weighted by atomic mass is 32.1. The minimum Gasteiger partial charge on any atom is -0.493 e. The van der Waals surface area contributed by atoms with Crippen molar-refractivity contribution in [2.24, 2.45) is 5.10 Å². The number of nitrogens with zero attached hydrogens (tertiary/aromatic N) is 2. The first kappa shape index (κ1) is 17.9. The summed E-state index contributed by atoms with van der Waals surface area (Å²) in [5.74, 6) is 0.797. The number of thiazole rings is 1. The largest absolute Gasteiger partial charge is 0.493 e. The van der Waals surface area contributed by atoms with E-state index in [4.69, 9.17) is 9.47 Å². The summed E-state index contributed by atoms with van der Waals surface area (Å²) in [6.07, 6.45) is 1.67. The molecular formula is C19H18FN3O2S. The number of aryl methyl sites for hydroxylation is 1. The Kier molecular flexibility index (Phi) is 5.80. The van der Waals surface area contributed by atoms with Gasteiger partial charge in [-0.2, -0.15) is 5.10 Å². The van der Waals surface area contributed by atoms with Crippen LogP contribution in [0, 0.1) is 12.7 Å². The molecule has 1 aromatic heterocycles. The molecule has 0 saturated heterocycles. The molecule has 1 N–H and O–H groups in total. The van der Waals surface area contributed by atoms with Gasteiger partial charge in [0.15, 0.2) is 11.5 Å². The van der Waals surface area contributed by atoms with E-state index in [0.717, 1.165) is 16.4 Å². The summed E-state index contributed by atoms with van der Waals surface area (Å²) >= 11 is 1.49. The first-order valence-corrected chi connectivity index (χ1v) is 8.79. The van der Waals surface area contributed by atoms with Crippen LogP contribution in [-0.2, 0) is 6.61 Å². The lowest BCUT2D eigenvalue weighted by Crippen LogP contribution is -2.00. The van der Waals surface area contributed by atoms with Crippen LogP contribution in [0.1, 0.15) is 16.8 Å². The van der Waals surface area contributed by atoms with E-state index in [2.05, 4.69) is 15.5 Å².